The van der Waals surface area contributed by atoms with Gasteiger partial charge in [0.15, 0.2) is 5.82 Å². The normalized spacial score (nSPS) is 31.3. The number of carbonyl (C=O) groups excluding carboxylic acids is 2. The Hall–Kier alpha value is -1.99. The summed E-state index contributed by atoms with van der Waals surface area (Å²) in [5, 5.41) is 5.83. The lowest BCUT2D eigenvalue weighted by atomic mass is 10.0. The number of imide groups is 1. The van der Waals surface area contributed by atoms with Gasteiger partial charge in [0.2, 0.25) is 11.8 Å². The van der Waals surface area contributed by atoms with E-state index in [1.54, 1.807) is 0 Å². The van der Waals surface area contributed by atoms with Crippen LogP contribution in [0.25, 0.3) is 0 Å². The molecule has 138 valence electrons. The van der Waals surface area contributed by atoms with Crippen LogP contribution in [0.2, 0.25) is 0 Å². The van der Waals surface area contributed by atoms with Crippen molar-refractivity contribution in [2.45, 2.75) is 56.9 Å². The molecule has 4 aliphatic heterocycles. The number of nitrogens with one attached hydrogen (secondary N) is 2. The van der Waals surface area contributed by atoms with Gasteiger partial charge in [-0.25, -0.2) is 4.39 Å². The fraction of sp³-hybridized carbons (Fsp3) is 0.579. The largest absolute Gasteiger partial charge is 0.361 e. The third-order valence-electron chi connectivity index (χ3n) is 6.36. The van der Waals surface area contributed by atoms with Crippen molar-refractivity contribution in [3.05, 3.63) is 29.1 Å². The first-order valence-electron chi connectivity index (χ1n) is 9.49. The molecule has 2 amide bonds. The molecule has 1 aromatic rings. The predicted octanol–water partition coefficient (Wildman–Crippen LogP) is 0.887. The molecule has 0 aliphatic carbocycles. The maximum Gasteiger partial charge on any atom is 0.243 e. The number of amides is 2. The van der Waals surface area contributed by atoms with Crippen molar-refractivity contribution in [1.82, 2.24) is 15.5 Å². The third-order valence-corrected chi connectivity index (χ3v) is 6.36. The van der Waals surface area contributed by atoms with Crippen LogP contribution in [-0.2, 0) is 22.7 Å². The van der Waals surface area contributed by atoms with E-state index in [9.17, 15) is 9.59 Å². The van der Waals surface area contributed by atoms with Gasteiger partial charge in [-0.1, -0.05) is 6.07 Å². The van der Waals surface area contributed by atoms with Crippen molar-refractivity contribution in [2.24, 2.45) is 0 Å². The molecule has 0 spiro atoms. The van der Waals surface area contributed by atoms with Gasteiger partial charge in [0, 0.05) is 50.2 Å². The first-order valence-corrected chi connectivity index (χ1v) is 9.49. The highest BCUT2D eigenvalue weighted by Crippen LogP contribution is 2.38. The van der Waals surface area contributed by atoms with Crippen LogP contribution in [0.15, 0.2) is 12.1 Å². The fourth-order valence-corrected chi connectivity index (χ4v) is 5.07. The summed E-state index contributed by atoms with van der Waals surface area (Å²) in [6.07, 6.45) is 3.07. The standard InChI is InChI=1S/C19H23FN4O2/c20-18-14-10-23(16-5-6-17(25)22-19(16)26)9-11(14)1-4-15(18)24-12-2-3-13(24)8-21-7-12/h1,4,12-13,16,21H,2-3,5-10H2,(H,22,25,26). The van der Waals surface area contributed by atoms with E-state index in [0.717, 1.165) is 31.5 Å². The van der Waals surface area contributed by atoms with Crippen LogP contribution >= 0.6 is 0 Å². The summed E-state index contributed by atoms with van der Waals surface area (Å²) in [7, 11) is 0. The van der Waals surface area contributed by atoms with E-state index >= 15 is 4.39 Å². The van der Waals surface area contributed by atoms with E-state index < -0.39 is 0 Å². The quantitative estimate of drug-likeness (QED) is 0.769. The topological polar surface area (TPSA) is 64.7 Å². The average Bonchev–Trinajstić information content (AvgIpc) is 3.14. The molecule has 5 rings (SSSR count). The molecule has 6 nitrogen and oxygen atoms in total. The van der Waals surface area contributed by atoms with E-state index in [-0.39, 0.29) is 23.7 Å². The smallest absolute Gasteiger partial charge is 0.243 e. The van der Waals surface area contributed by atoms with Gasteiger partial charge in [-0.15, -0.1) is 0 Å². The van der Waals surface area contributed by atoms with Crippen LogP contribution in [0.4, 0.5) is 10.1 Å². The van der Waals surface area contributed by atoms with Crippen LogP contribution in [0.1, 0.15) is 36.8 Å². The summed E-state index contributed by atoms with van der Waals surface area (Å²) in [6, 6.07) is 4.32. The van der Waals surface area contributed by atoms with Gasteiger partial charge >= 0.3 is 0 Å². The number of hydrogen-bond donors (Lipinski definition) is 2. The van der Waals surface area contributed by atoms with Crippen molar-refractivity contribution < 1.29 is 14.0 Å². The summed E-state index contributed by atoms with van der Waals surface area (Å²) < 4.78 is 15.4. The second kappa shape index (κ2) is 6.03. The molecule has 3 atom stereocenters. The molecule has 2 N–H and O–H groups in total. The molecule has 3 unspecified atom stereocenters. The van der Waals surface area contributed by atoms with E-state index in [1.165, 1.54) is 0 Å². The zero-order chi connectivity index (χ0) is 17.8. The van der Waals surface area contributed by atoms with Crippen LogP contribution in [0.3, 0.4) is 0 Å². The van der Waals surface area contributed by atoms with E-state index in [1.807, 2.05) is 17.0 Å². The molecule has 2 bridgehead atoms. The van der Waals surface area contributed by atoms with Gasteiger partial charge in [-0.3, -0.25) is 19.8 Å². The molecule has 3 saturated heterocycles. The Morgan fingerprint density at radius 3 is 2.54 bits per heavy atom. The lowest BCUT2D eigenvalue weighted by molar-refractivity contribution is -0.137. The zero-order valence-corrected chi connectivity index (χ0v) is 14.6. The SMILES string of the molecule is O=C1CCC(N2Cc3ccc(N4C5CCC4CNC5)c(F)c3C2)C(=O)N1. The van der Waals surface area contributed by atoms with Gasteiger partial charge in [-0.2, -0.15) is 0 Å². The molecule has 1 aromatic carbocycles. The monoisotopic (exact) mass is 358 g/mol. The van der Waals surface area contributed by atoms with E-state index in [4.69, 9.17) is 0 Å². The molecule has 0 aromatic heterocycles. The highest BCUT2D eigenvalue weighted by molar-refractivity contribution is 6.00. The van der Waals surface area contributed by atoms with Crippen LogP contribution in [0, 0.1) is 5.82 Å². The number of nitrogens with zero attached hydrogens (tertiary/aromatic N) is 2. The van der Waals surface area contributed by atoms with Crippen LogP contribution < -0.4 is 15.5 Å². The number of piperidine rings is 1. The first kappa shape index (κ1) is 16.2. The van der Waals surface area contributed by atoms with Crippen molar-refractivity contribution in [2.75, 3.05) is 18.0 Å². The van der Waals surface area contributed by atoms with Crippen LogP contribution in [0.5, 0.6) is 0 Å². The molecule has 7 heteroatoms. The van der Waals surface area contributed by atoms with Crippen molar-refractivity contribution in [3.8, 4) is 0 Å². The van der Waals surface area contributed by atoms with Crippen molar-refractivity contribution in [1.29, 1.82) is 0 Å². The van der Waals surface area contributed by atoms with Gasteiger partial charge in [0.05, 0.1) is 11.7 Å². The van der Waals surface area contributed by atoms with Gasteiger partial charge in [0.25, 0.3) is 0 Å². The van der Waals surface area contributed by atoms with E-state index in [0.29, 0.717) is 49.3 Å². The molecule has 26 heavy (non-hydrogen) atoms. The predicted molar refractivity (Wildman–Crippen MR) is 94.0 cm³/mol. The molecule has 4 heterocycles. The minimum absolute atomic E-state index is 0.129. The highest BCUT2D eigenvalue weighted by atomic mass is 19.1. The number of benzene rings is 1. The number of anilines is 1. The Bertz CT molecular complexity index is 767. The molecule has 0 radical (unpaired) electrons. The minimum atomic E-state index is -0.349. The number of halogens is 1. The lowest BCUT2D eigenvalue weighted by Crippen LogP contribution is -2.52. The highest BCUT2D eigenvalue weighted by Gasteiger charge is 2.40. The Morgan fingerprint density at radius 2 is 1.81 bits per heavy atom. The maximum atomic E-state index is 15.4. The van der Waals surface area contributed by atoms with Crippen molar-refractivity contribution in [3.63, 3.8) is 0 Å². The van der Waals surface area contributed by atoms with Gasteiger partial charge < -0.3 is 10.2 Å². The average molecular weight is 358 g/mol. The molecule has 0 saturated carbocycles. The molecule has 4 aliphatic rings. The lowest BCUT2D eigenvalue weighted by Gasteiger charge is -2.37. The number of hydrogen-bond acceptors (Lipinski definition) is 5. The molecule has 3 fully saturated rings. The Labute approximate surface area is 151 Å². The first-order chi connectivity index (χ1) is 12.6. The zero-order valence-electron chi connectivity index (χ0n) is 14.6. The second-order valence-electron chi connectivity index (χ2n) is 7.86. The van der Waals surface area contributed by atoms with Crippen LogP contribution in [-0.4, -0.2) is 47.9 Å². The summed E-state index contributed by atoms with van der Waals surface area (Å²) in [5.74, 6) is -0.600. The molecular formula is C19H23FN4O2. The maximum absolute atomic E-state index is 15.4. The Balaban J connectivity index is 1.41. The van der Waals surface area contributed by atoms with E-state index in [2.05, 4.69) is 15.5 Å². The summed E-state index contributed by atoms with van der Waals surface area (Å²) in [6.45, 7) is 2.82. The Kier molecular flexibility index (Phi) is 3.76. The van der Waals surface area contributed by atoms with Gasteiger partial charge in [0.1, 0.15) is 0 Å². The van der Waals surface area contributed by atoms with Crippen molar-refractivity contribution >= 4 is 17.5 Å². The van der Waals surface area contributed by atoms with Gasteiger partial charge in [-0.05, 0) is 30.9 Å². The summed E-state index contributed by atoms with van der Waals surface area (Å²) >= 11 is 0. The second-order valence-corrected chi connectivity index (χ2v) is 7.86. The molecular weight excluding hydrogens is 335 g/mol. The summed E-state index contributed by atoms with van der Waals surface area (Å²) in [5.41, 5.74) is 2.38. The number of rotatable bonds is 2. The fourth-order valence-electron chi connectivity index (χ4n) is 5.07. The number of fused-ring (bicyclic) bond motifs is 3. The summed E-state index contributed by atoms with van der Waals surface area (Å²) in [4.78, 5) is 27.8. The Morgan fingerprint density at radius 1 is 1.04 bits per heavy atom. The minimum Gasteiger partial charge on any atom is -0.361 e. The number of carbonyl (C=O) groups is 2. The number of piperazine rings is 1. The third kappa shape index (κ3) is 2.45.